The highest BCUT2D eigenvalue weighted by atomic mass is 32.2. The van der Waals surface area contributed by atoms with Crippen molar-refractivity contribution in [3.05, 3.63) is 101 Å². The number of amides is 1. The van der Waals surface area contributed by atoms with Gasteiger partial charge in [0.2, 0.25) is 27.8 Å². The molecule has 0 fully saturated rings. The smallest absolute Gasteiger partial charge is 0.265 e. The third kappa shape index (κ3) is 15.8. The molecule has 3 rings (SSSR count). The monoisotopic (exact) mass is 1080 g/mol. The number of unbranched alkanes of at least 4 members (excludes halogenated alkanes) is 1. The molecule has 0 bridgehead atoms. The van der Waals surface area contributed by atoms with E-state index in [2.05, 4.69) is 11.4 Å². The Hall–Kier alpha value is -3.95. The zero-order valence-electron chi connectivity index (χ0n) is 45.3. The Balaban J connectivity index is 2.14. The van der Waals surface area contributed by atoms with Crippen LogP contribution in [-0.4, -0.2) is 90.2 Å². The summed E-state index contributed by atoms with van der Waals surface area (Å²) in [6, 6.07) is 19.7. The molecule has 0 aromatic heterocycles. The van der Waals surface area contributed by atoms with Gasteiger partial charge in [-0.15, -0.1) is 0 Å². The van der Waals surface area contributed by atoms with Crippen molar-refractivity contribution in [2.75, 3.05) is 51.8 Å². The molecule has 0 radical (unpaired) electrons. The van der Waals surface area contributed by atoms with Gasteiger partial charge in [-0.1, -0.05) is 133 Å². The molecule has 3 aromatic rings. The Bertz CT molecular complexity index is 2490. The van der Waals surface area contributed by atoms with E-state index in [1.165, 1.54) is 0 Å². The van der Waals surface area contributed by atoms with Gasteiger partial charge in [0.05, 0.1) is 56.4 Å². The standard InChI is InChI=1S/C56H79F4N3O7S3/c1-14-54(9,41(36-51(3,4)53(7,8)38-61)42-43(57)45(59)47(46(60)44(42)58)70-33-22-23-34-71-48(64)39-26-18-16-19-27-39)52(5,6)37-55(10,56(11,15-2)72-49(65)40-28-20-17-21-29-40)50(66)62-30-24-31-63(12,13)32-25-35-73(67,68)69/h16-21,26-29,41H,14-15,22-25,30-37H2,1-13H3,(H-,62,66,67,68,69)/p+1. The first-order valence-corrected chi connectivity index (χ1v) is 28.6. The first-order valence-electron chi connectivity index (χ1n) is 25.2. The van der Waals surface area contributed by atoms with Crippen LogP contribution >= 0.6 is 23.5 Å². The Morgan fingerprint density at radius 3 is 1.77 bits per heavy atom. The first-order chi connectivity index (χ1) is 33.7. The van der Waals surface area contributed by atoms with Crippen molar-refractivity contribution in [1.82, 2.24) is 5.32 Å². The molecular weight excluding hydrogens is 999 g/mol. The Labute approximate surface area is 441 Å². The Morgan fingerprint density at radius 1 is 0.753 bits per heavy atom. The lowest BCUT2D eigenvalue weighted by Crippen LogP contribution is -2.57. The number of hydrogen-bond donors (Lipinski definition) is 2. The van der Waals surface area contributed by atoms with Crippen molar-refractivity contribution < 1.29 is 54.1 Å². The number of nitrogens with one attached hydrogen (secondary N) is 1. The molecule has 0 aliphatic carbocycles. The van der Waals surface area contributed by atoms with Crippen LogP contribution in [0, 0.1) is 61.7 Å². The van der Waals surface area contributed by atoms with Crippen LogP contribution in [0.15, 0.2) is 60.7 Å². The van der Waals surface area contributed by atoms with Gasteiger partial charge in [-0.25, -0.2) is 8.78 Å². The Kier molecular flexibility index (Phi) is 22.3. The fourth-order valence-electron chi connectivity index (χ4n) is 9.72. The van der Waals surface area contributed by atoms with Crippen LogP contribution in [0.5, 0.6) is 5.75 Å². The average molecular weight is 1080 g/mol. The molecule has 406 valence electrons. The van der Waals surface area contributed by atoms with Gasteiger partial charge in [0.15, 0.2) is 17.4 Å². The largest absolute Gasteiger partial charge is 0.487 e. The van der Waals surface area contributed by atoms with Crippen molar-refractivity contribution in [3.8, 4) is 11.8 Å². The van der Waals surface area contributed by atoms with Crippen molar-refractivity contribution in [1.29, 1.82) is 5.26 Å². The van der Waals surface area contributed by atoms with Crippen LogP contribution in [0.2, 0.25) is 0 Å². The summed E-state index contributed by atoms with van der Waals surface area (Å²) in [6.45, 7) is 20.8. The van der Waals surface area contributed by atoms with Gasteiger partial charge < -0.3 is 14.5 Å². The van der Waals surface area contributed by atoms with Crippen LogP contribution in [0.4, 0.5) is 17.6 Å². The number of halogens is 4. The van der Waals surface area contributed by atoms with E-state index in [4.69, 9.17) is 4.74 Å². The van der Waals surface area contributed by atoms with Gasteiger partial charge in [-0.05, 0) is 88.4 Å². The van der Waals surface area contributed by atoms with Gasteiger partial charge in [0.1, 0.15) is 0 Å². The lowest BCUT2D eigenvalue weighted by molar-refractivity contribution is -0.890. The van der Waals surface area contributed by atoms with Gasteiger partial charge >= 0.3 is 0 Å². The normalized spacial score (nSPS) is 15.6. The molecule has 0 spiro atoms. The molecule has 4 unspecified atom stereocenters. The second-order valence-corrected chi connectivity index (χ2v) is 26.7. The molecule has 4 atom stereocenters. The number of thioether (sulfide) groups is 2. The maximum atomic E-state index is 17.1. The van der Waals surface area contributed by atoms with E-state index in [9.17, 15) is 27.8 Å². The predicted molar refractivity (Wildman–Crippen MR) is 287 cm³/mol. The highest BCUT2D eigenvalue weighted by Gasteiger charge is 2.59. The van der Waals surface area contributed by atoms with Crippen molar-refractivity contribution in [3.63, 3.8) is 0 Å². The highest BCUT2D eigenvalue weighted by Crippen LogP contribution is 2.63. The summed E-state index contributed by atoms with van der Waals surface area (Å²) in [4.78, 5) is 41.8. The number of carbonyl (C=O) groups excluding carboxylic acids is 3. The van der Waals surface area contributed by atoms with Gasteiger partial charge in [-0.3, -0.25) is 18.9 Å². The number of hydrogen-bond acceptors (Lipinski definition) is 9. The molecule has 1 amide bonds. The second-order valence-electron chi connectivity index (χ2n) is 22.6. The quantitative estimate of drug-likeness (QED) is 0.0226. The average Bonchev–Trinajstić information content (AvgIpc) is 3.33. The number of benzene rings is 3. The molecule has 0 saturated heterocycles. The number of nitrogens with zero attached hydrogens (tertiary/aromatic N) is 2. The lowest BCUT2D eigenvalue weighted by atomic mass is 9.49. The fraction of sp³-hybridized carbons (Fsp3) is 0.607. The molecule has 73 heavy (non-hydrogen) atoms. The maximum absolute atomic E-state index is 17.1. The fourth-order valence-corrected chi connectivity index (χ4v) is 12.2. The van der Waals surface area contributed by atoms with E-state index in [-0.39, 0.29) is 67.1 Å². The van der Waals surface area contributed by atoms with Crippen LogP contribution in [0.25, 0.3) is 0 Å². The summed E-state index contributed by atoms with van der Waals surface area (Å²) < 4.78 is 104. The zero-order chi connectivity index (χ0) is 55.4. The predicted octanol–water partition coefficient (Wildman–Crippen LogP) is 13.5. The zero-order valence-corrected chi connectivity index (χ0v) is 47.7. The number of quaternary nitrogens is 1. The summed E-state index contributed by atoms with van der Waals surface area (Å²) in [6.07, 6.45) is 1.81. The summed E-state index contributed by atoms with van der Waals surface area (Å²) in [5, 5.41) is 13.1. The topological polar surface area (TPSA) is 151 Å². The molecule has 0 aliphatic heterocycles. The SMILES string of the molecule is CCC(C)(SC(=O)c1ccccc1)C(C)(CC(C)(C)C(C)(CC)C(CC(C)(C)C(C)(C)C#N)c1c(F)c(F)c(OCCCCSC(=O)c2ccccc2)c(F)c1F)C(=O)NCCC[N+](C)(C)CCCS(=O)(=O)O. The number of rotatable bonds is 29. The summed E-state index contributed by atoms with van der Waals surface area (Å²) in [5.41, 5.74) is -5.78. The molecule has 0 heterocycles. The molecule has 10 nitrogen and oxygen atoms in total. The van der Waals surface area contributed by atoms with E-state index < -0.39 is 82.4 Å². The van der Waals surface area contributed by atoms with E-state index in [1.54, 1.807) is 102 Å². The maximum Gasteiger partial charge on any atom is 0.265 e. The van der Waals surface area contributed by atoms with Crippen molar-refractivity contribution in [2.24, 2.45) is 27.1 Å². The third-order valence-corrected chi connectivity index (χ3v) is 19.6. The van der Waals surface area contributed by atoms with E-state index in [0.717, 1.165) is 23.5 Å². The summed E-state index contributed by atoms with van der Waals surface area (Å²) in [7, 11) is -0.281. The highest BCUT2D eigenvalue weighted by molar-refractivity contribution is 8.15. The van der Waals surface area contributed by atoms with E-state index in [0.29, 0.717) is 53.7 Å². The van der Waals surface area contributed by atoms with Crippen molar-refractivity contribution in [2.45, 2.75) is 138 Å². The van der Waals surface area contributed by atoms with Gasteiger partial charge in [0.25, 0.3) is 10.1 Å². The molecule has 0 aliphatic rings. The van der Waals surface area contributed by atoms with E-state index in [1.807, 2.05) is 48.7 Å². The minimum absolute atomic E-state index is 0.0238. The van der Waals surface area contributed by atoms with Gasteiger partial charge in [0, 0.05) is 46.6 Å². The molecule has 2 N–H and O–H groups in total. The van der Waals surface area contributed by atoms with Crippen molar-refractivity contribution >= 4 is 49.8 Å². The number of carbonyl (C=O) groups is 3. The summed E-state index contributed by atoms with van der Waals surface area (Å²) >= 11 is 2.11. The Morgan fingerprint density at radius 2 is 1.27 bits per heavy atom. The van der Waals surface area contributed by atoms with E-state index >= 15 is 22.4 Å². The van der Waals surface area contributed by atoms with Crippen LogP contribution in [0.3, 0.4) is 0 Å². The summed E-state index contributed by atoms with van der Waals surface area (Å²) in [5.74, 6) is -9.49. The molecular formula is C56H80F4N3O7S3+. The number of ether oxygens (including phenoxy) is 1. The van der Waals surface area contributed by atoms with Crippen LogP contribution < -0.4 is 10.1 Å². The minimum atomic E-state index is -4.12. The molecule has 17 heteroatoms. The molecule has 3 aromatic carbocycles. The lowest BCUT2D eigenvalue weighted by Gasteiger charge is -2.56. The first kappa shape index (κ1) is 63.3. The molecule has 0 saturated carbocycles. The second kappa shape index (κ2) is 25.7. The number of nitriles is 1. The van der Waals surface area contributed by atoms with Gasteiger partial charge in [-0.2, -0.15) is 22.5 Å². The van der Waals surface area contributed by atoms with Crippen LogP contribution in [0.1, 0.15) is 160 Å². The minimum Gasteiger partial charge on any atom is -0.487 e. The van der Waals surface area contributed by atoms with Crippen LogP contribution in [-0.2, 0) is 14.9 Å². The third-order valence-electron chi connectivity index (χ3n) is 16.2.